The highest BCUT2D eigenvalue weighted by Gasteiger charge is 2.22. The Morgan fingerprint density at radius 1 is 1.13 bits per heavy atom. The van der Waals surface area contributed by atoms with Crippen molar-refractivity contribution in [1.29, 1.82) is 0 Å². The van der Waals surface area contributed by atoms with Crippen LogP contribution in [0.3, 0.4) is 0 Å². The number of hydrogen-bond acceptors (Lipinski definition) is 7. The summed E-state index contributed by atoms with van der Waals surface area (Å²) in [6, 6.07) is 12.8. The first-order chi connectivity index (χ1) is 14.5. The van der Waals surface area contributed by atoms with Gasteiger partial charge in [-0.25, -0.2) is 9.18 Å². The first-order valence-electron chi connectivity index (χ1n) is 9.08. The molecule has 2 aromatic rings. The molecule has 0 aliphatic rings. The fourth-order valence-electron chi connectivity index (χ4n) is 2.22. The highest BCUT2D eigenvalue weighted by molar-refractivity contribution is 6.18. The zero-order chi connectivity index (χ0) is 21.9. The maximum atomic E-state index is 14.0. The van der Waals surface area contributed by atoms with Gasteiger partial charge in [0.25, 0.3) is 5.95 Å². The summed E-state index contributed by atoms with van der Waals surface area (Å²) in [4.78, 5) is 12.0. The molecule has 158 valence electrons. The number of esters is 1. The second-order valence-corrected chi connectivity index (χ2v) is 5.67. The third kappa shape index (κ3) is 6.33. The van der Waals surface area contributed by atoms with Crippen molar-refractivity contribution in [2.24, 2.45) is 15.9 Å². The number of hydrogen-bond donors (Lipinski definition) is 2. The van der Waals surface area contributed by atoms with Crippen molar-refractivity contribution < 1.29 is 28.5 Å². The highest BCUT2D eigenvalue weighted by atomic mass is 19.1. The van der Waals surface area contributed by atoms with Crippen molar-refractivity contribution in [2.75, 3.05) is 13.2 Å². The molecule has 0 heterocycles. The average Bonchev–Trinajstić information content (AvgIpc) is 2.72. The normalized spacial score (nSPS) is 12.4. The number of nitrogens with two attached hydrogens (primary N) is 1. The van der Waals surface area contributed by atoms with Crippen LogP contribution in [-0.2, 0) is 14.3 Å². The van der Waals surface area contributed by atoms with E-state index in [1.54, 1.807) is 38.1 Å². The van der Waals surface area contributed by atoms with Crippen LogP contribution in [0.25, 0.3) is 0 Å². The predicted molar refractivity (Wildman–Crippen MR) is 110 cm³/mol. The summed E-state index contributed by atoms with van der Waals surface area (Å²) < 4.78 is 29.3. The first kappa shape index (κ1) is 22.4. The monoisotopic (exact) mass is 415 g/mol. The smallest absolute Gasteiger partial charge is 0.349 e. The van der Waals surface area contributed by atoms with Crippen LogP contribution >= 0.6 is 0 Å². The van der Waals surface area contributed by atoms with Crippen molar-refractivity contribution in [2.45, 2.75) is 13.8 Å². The minimum atomic E-state index is -0.903. The van der Waals surface area contributed by atoms with Crippen molar-refractivity contribution in [1.82, 2.24) is 0 Å². The minimum Gasteiger partial charge on any atom is -0.480 e. The number of carbonyl (C=O) groups excluding carboxylic acids is 1. The molecule has 0 fully saturated rings. The summed E-state index contributed by atoms with van der Waals surface area (Å²) in [6.45, 7) is 3.39. The molecule has 3 N–H and O–H groups in total. The van der Waals surface area contributed by atoms with E-state index in [0.717, 1.165) is 0 Å². The fourth-order valence-corrected chi connectivity index (χ4v) is 2.22. The van der Waals surface area contributed by atoms with Crippen LogP contribution in [0.1, 0.15) is 19.4 Å². The number of rotatable bonds is 9. The van der Waals surface area contributed by atoms with Gasteiger partial charge >= 0.3 is 5.97 Å². The Hall–Kier alpha value is -3.88. The van der Waals surface area contributed by atoms with Gasteiger partial charge in [0.2, 0.25) is 0 Å². The van der Waals surface area contributed by atoms with Crippen molar-refractivity contribution in [3.63, 3.8) is 0 Å². The van der Waals surface area contributed by atoms with Crippen molar-refractivity contribution in [3.8, 4) is 11.5 Å². The van der Waals surface area contributed by atoms with E-state index in [-0.39, 0.29) is 19.0 Å². The second kappa shape index (κ2) is 11.2. The van der Waals surface area contributed by atoms with Gasteiger partial charge in [-0.1, -0.05) is 24.3 Å². The predicted octanol–water partition coefficient (Wildman–Crippen LogP) is 3.68. The minimum absolute atomic E-state index is 0.00296. The van der Waals surface area contributed by atoms with Gasteiger partial charge in [0.1, 0.15) is 5.75 Å². The maximum absolute atomic E-state index is 14.0. The standard InChI is InChI=1S/C21H22FN3O5/c1-3-28-20(26)18(21(27)29-4-2)19(23)25-24-13-14-10-11-16(22)17(12-14)30-15-8-6-5-7-9-15/h5-13,26H,3-4H2,1-2H3,(H2,23,25)/b20-18-,24-13-. The van der Waals surface area contributed by atoms with Gasteiger partial charge in [-0.2, -0.15) is 5.10 Å². The van der Waals surface area contributed by atoms with Crippen molar-refractivity contribution >= 4 is 18.0 Å². The van der Waals surface area contributed by atoms with E-state index in [1.807, 2.05) is 6.07 Å². The molecule has 0 bridgehead atoms. The molecule has 0 atom stereocenters. The van der Waals surface area contributed by atoms with E-state index in [2.05, 4.69) is 10.2 Å². The molecule has 0 unspecified atom stereocenters. The van der Waals surface area contributed by atoms with E-state index >= 15 is 0 Å². The summed E-state index contributed by atoms with van der Waals surface area (Å²) in [7, 11) is 0. The van der Waals surface area contributed by atoms with Gasteiger partial charge in [0.15, 0.2) is 23.0 Å². The van der Waals surface area contributed by atoms with E-state index in [0.29, 0.717) is 11.3 Å². The van der Waals surface area contributed by atoms with Gasteiger partial charge in [0, 0.05) is 0 Å². The van der Waals surface area contributed by atoms with Crippen LogP contribution in [0.4, 0.5) is 4.39 Å². The molecule has 0 amide bonds. The summed E-state index contributed by atoms with van der Waals surface area (Å²) >= 11 is 0. The zero-order valence-electron chi connectivity index (χ0n) is 16.5. The first-order valence-corrected chi connectivity index (χ1v) is 9.08. The number of aliphatic hydroxyl groups is 1. The largest absolute Gasteiger partial charge is 0.480 e. The molecular formula is C21H22FN3O5. The number of aliphatic hydroxyl groups excluding tert-OH is 1. The molecule has 2 rings (SSSR count). The third-order valence-electron chi connectivity index (χ3n) is 3.53. The molecule has 9 heteroatoms. The Bertz CT molecular complexity index is 958. The zero-order valence-corrected chi connectivity index (χ0v) is 16.5. The lowest BCUT2D eigenvalue weighted by molar-refractivity contribution is -0.138. The molecule has 0 saturated carbocycles. The molecular weight excluding hydrogens is 393 g/mol. The number of nitrogens with zero attached hydrogens (tertiary/aromatic N) is 2. The fraction of sp³-hybridized carbons (Fsp3) is 0.190. The maximum Gasteiger partial charge on any atom is 0.349 e. The highest BCUT2D eigenvalue weighted by Crippen LogP contribution is 2.24. The molecule has 0 spiro atoms. The van der Waals surface area contributed by atoms with Gasteiger partial charge in [-0.3, -0.25) is 0 Å². The molecule has 0 aromatic heterocycles. The quantitative estimate of drug-likeness (QED) is 0.161. The third-order valence-corrected chi connectivity index (χ3v) is 3.53. The second-order valence-electron chi connectivity index (χ2n) is 5.67. The lowest BCUT2D eigenvalue weighted by Gasteiger charge is -2.08. The van der Waals surface area contributed by atoms with Crippen LogP contribution < -0.4 is 10.5 Å². The van der Waals surface area contributed by atoms with Crippen LogP contribution in [0.5, 0.6) is 11.5 Å². The Morgan fingerprint density at radius 3 is 2.50 bits per heavy atom. The molecule has 2 aromatic carbocycles. The molecule has 0 aliphatic carbocycles. The summed E-state index contributed by atoms with van der Waals surface area (Å²) in [5.41, 5.74) is 5.78. The van der Waals surface area contributed by atoms with Gasteiger partial charge in [0.05, 0.1) is 19.4 Å². The van der Waals surface area contributed by atoms with E-state index in [1.165, 1.54) is 24.4 Å². The lowest BCUT2D eigenvalue weighted by atomic mass is 10.2. The van der Waals surface area contributed by atoms with Crippen LogP contribution in [0.2, 0.25) is 0 Å². The summed E-state index contributed by atoms with van der Waals surface area (Å²) in [6.07, 6.45) is 1.28. The number of ether oxygens (including phenoxy) is 3. The average molecular weight is 415 g/mol. The topological polar surface area (TPSA) is 116 Å². The van der Waals surface area contributed by atoms with Gasteiger partial charge in [-0.15, -0.1) is 5.10 Å². The lowest BCUT2D eigenvalue weighted by Crippen LogP contribution is -2.25. The molecule has 0 aliphatic heterocycles. The Morgan fingerprint density at radius 2 is 1.83 bits per heavy atom. The molecule has 0 radical (unpaired) electrons. The number of benzene rings is 2. The van der Waals surface area contributed by atoms with Crippen LogP contribution in [-0.4, -0.2) is 36.3 Å². The Kier molecular flexibility index (Phi) is 8.37. The van der Waals surface area contributed by atoms with E-state index in [4.69, 9.17) is 19.9 Å². The number of halogens is 1. The number of para-hydroxylation sites is 1. The molecule has 8 nitrogen and oxygen atoms in total. The van der Waals surface area contributed by atoms with Crippen LogP contribution in [0.15, 0.2) is 70.3 Å². The SMILES string of the molecule is CCOC(=O)C(=C(/O)OCC)/C(N)=N\N=C/c1ccc(F)c(Oc2ccccc2)c1. The Labute approximate surface area is 173 Å². The molecule has 0 saturated heterocycles. The van der Waals surface area contributed by atoms with Crippen LogP contribution in [0, 0.1) is 5.82 Å². The van der Waals surface area contributed by atoms with E-state index < -0.39 is 29.1 Å². The summed E-state index contributed by atoms with van der Waals surface area (Å²) in [5.74, 6) is -2.09. The molecule has 30 heavy (non-hydrogen) atoms. The van der Waals surface area contributed by atoms with E-state index in [9.17, 15) is 14.3 Å². The number of amidine groups is 1. The summed E-state index contributed by atoms with van der Waals surface area (Å²) in [5, 5.41) is 17.4. The number of carbonyl (C=O) groups is 1. The van der Waals surface area contributed by atoms with Gasteiger partial charge in [-0.05, 0) is 43.7 Å². The Balaban J connectivity index is 2.23. The van der Waals surface area contributed by atoms with Crippen molar-refractivity contribution in [3.05, 3.63) is 71.4 Å². The van der Waals surface area contributed by atoms with Gasteiger partial charge < -0.3 is 25.1 Å².